The van der Waals surface area contributed by atoms with Gasteiger partial charge in [-0.2, -0.15) is 0 Å². The van der Waals surface area contributed by atoms with Crippen molar-refractivity contribution in [1.29, 1.82) is 0 Å². The minimum atomic E-state index is -3.41. The molecule has 1 aromatic rings. The van der Waals surface area contributed by atoms with Crippen LogP contribution in [0.25, 0.3) is 0 Å². The molecule has 1 spiro atoms. The molecular formula is C33H54N6O4S. The average molecular weight is 631 g/mol. The molecule has 5 heterocycles. The van der Waals surface area contributed by atoms with E-state index in [2.05, 4.69) is 34.0 Å². The van der Waals surface area contributed by atoms with Crippen molar-refractivity contribution in [1.82, 2.24) is 30.0 Å². The second kappa shape index (κ2) is 13.3. The summed E-state index contributed by atoms with van der Waals surface area (Å²) in [5, 5.41) is 2.64. The van der Waals surface area contributed by atoms with Crippen LogP contribution in [-0.4, -0.2) is 108 Å². The molecule has 0 radical (unpaired) electrons. The lowest BCUT2D eigenvalue weighted by molar-refractivity contribution is -0.149. The summed E-state index contributed by atoms with van der Waals surface area (Å²) in [6, 6.07) is 0. The third-order valence-electron chi connectivity index (χ3n) is 11.6. The lowest BCUT2D eigenvalue weighted by Gasteiger charge is -2.56. The van der Waals surface area contributed by atoms with Crippen LogP contribution in [0.3, 0.4) is 0 Å². The van der Waals surface area contributed by atoms with Crippen molar-refractivity contribution in [3.05, 3.63) is 23.3 Å². The number of unbranched alkanes of at least 4 members (excludes halogenated alkanes) is 1. The number of likely N-dealkylation sites (tertiary alicyclic amines) is 3. The average Bonchev–Trinajstić information content (AvgIpc) is 2.98. The van der Waals surface area contributed by atoms with E-state index in [1.54, 1.807) is 4.90 Å². The molecule has 0 saturated carbocycles. The van der Waals surface area contributed by atoms with Crippen LogP contribution in [0.15, 0.2) is 6.33 Å². The molecule has 2 atom stereocenters. The van der Waals surface area contributed by atoms with Crippen molar-refractivity contribution in [2.24, 2.45) is 17.3 Å². The first-order chi connectivity index (χ1) is 20.9. The number of piperidine rings is 4. The topological polar surface area (TPSA) is 116 Å². The van der Waals surface area contributed by atoms with Gasteiger partial charge < -0.3 is 15.1 Å². The number of carbonyl (C=O) groups excluding carboxylic acids is 2. The fraction of sp³-hybridized carbons (Fsp3) is 0.818. The second-order valence-corrected chi connectivity index (χ2v) is 16.6. The van der Waals surface area contributed by atoms with Gasteiger partial charge in [0.05, 0.1) is 17.0 Å². The number of aryl methyl sites for hydroxylation is 2. The highest BCUT2D eigenvalue weighted by atomic mass is 32.2. The summed E-state index contributed by atoms with van der Waals surface area (Å²) in [5.41, 5.74) is 2.03. The highest BCUT2D eigenvalue weighted by Gasteiger charge is 2.52. The van der Waals surface area contributed by atoms with E-state index >= 15 is 0 Å². The fourth-order valence-electron chi connectivity index (χ4n) is 8.78. The van der Waals surface area contributed by atoms with Gasteiger partial charge in [0.2, 0.25) is 5.91 Å². The summed E-state index contributed by atoms with van der Waals surface area (Å²) in [6.07, 6.45) is 11.9. The summed E-state index contributed by atoms with van der Waals surface area (Å²) in [4.78, 5) is 42.2. The molecule has 44 heavy (non-hydrogen) atoms. The van der Waals surface area contributed by atoms with E-state index < -0.39 is 15.2 Å². The van der Waals surface area contributed by atoms with Gasteiger partial charge in [-0.1, -0.05) is 19.8 Å². The van der Waals surface area contributed by atoms with Gasteiger partial charge in [-0.25, -0.2) is 18.4 Å². The molecule has 1 aromatic heterocycles. The van der Waals surface area contributed by atoms with Gasteiger partial charge in [0.1, 0.15) is 11.7 Å². The number of nitrogens with one attached hydrogen (secondary N) is 1. The van der Waals surface area contributed by atoms with Crippen molar-refractivity contribution >= 4 is 21.7 Å². The maximum absolute atomic E-state index is 13.9. The summed E-state index contributed by atoms with van der Waals surface area (Å²) >= 11 is 0. The molecule has 0 aromatic carbocycles. The molecule has 4 fully saturated rings. The molecule has 0 aliphatic carbocycles. The standard InChI is InChI=1S/C33H54N6O4S/c1-6-7-8-27-22-39(31(44(5,42)43)26-9-15-34-16-10-26)28(40)21-33(27)13-19-38(20-14-33)32(4)11-17-37(18-12-32)30(41)29-24(2)35-23-36-25(29)3/h23,26-27,31,34H,6-22H2,1-5H3. The van der Waals surface area contributed by atoms with Gasteiger partial charge >= 0.3 is 0 Å². The van der Waals surface area contributed by atoms with E-state index in [1.165, 1.54) is 12.6 Å². The molecule has 0 bridgehead atoms. The predicted molar refractivity (Wildman–Crippen MR) is 172 cm³/mol. The molecule has 5 rings (SSSR count). The van der Waals surface area contributed by atoms with Crippen molar-refractivity contribution in [3.63, 3.8) is 0 Å². The third kappa shape index (κ3) is 6.70. The van der Waals surface area contributed by atoms with Crippen molar-refractivity contribution < 1.29 is 18.0 Å². The SMILES string of the molecule is CCCCC1CN(C(C2CCNCC2)S(C)(=O)=O)C(=O)CC12CCN(C1(C)CCN(C(=O)c3c(C)ncnc3C)CC1)CC2. The maximum Gasteiger partial charge on any atom is 0.257 e. The number of nitrogens with zero attached hydrogens (tertiary/aromatic N) is 5. The predicted octanol–water partition coefficient (Wildman–Crippen LogP) is 3.58. The number of sulfone groups is 1. The Morgan fingerprint density at radius 3 is 2.23 bits per heavy atom. The highest BCUT2D eigenvalue weighted by Crippen LogP contribution is 2.50. The summed E-state index contributed by atoms with van der Waals surface area (Å²) in [5.74, 6) is 0.382. The van der Waals surface area contributed by atoms with Crippen LogP contribution in [0, 0.1) is 31.1 Å². The zero-order chi connectivity index (χ0) is 31.7. The van der Waals surface area contributed by atoms with E-state index in [0.717, 1.165) is 95.4 Å². The van der Waals surface area contributed by atoms with Crippen LogP contribution in [-0.2, 0) is 14.6 Å². The quantitative estimate of drug-likeness (QED) is 0.464. The van der Waals surface area contributed by atoms with Gasteiger partial charge in [0, 0.05) is 37.8 Å². The van der Waals surface area contributed by atoms with Crippen molar-refractivity contribution in [2.45, 2.75) is 103 Å². The van der Waals surface area contributed by atoms with Gasteiger partial charge in [0.25, 0.3) is 5.91 Å². The van der Waals surface area contributed by atoms with Gasteiger partial charge in [-0.3, -0.25) is 14.5 Å². The number of rotatable bonds is 8. The Kier molecular flexibility index (Phi) is 10.1. The molecule has 4 saturated heterocycles. The van der Waals surface area contributed by atoms with Crippen molar-refractivity contribution in [3.8, 4) is 0 Å². The summed E-state index contributed by atoms with van der Waals surface area (Å²) in [7, 11) is -3.41. The van der Waals surface area contributed by atoms with E-state index in [-0.39, 0.29) is 28.7 Å². The number of hydrogen-bond donors (Lipinski definition) is 1. The maximum atomic E-state index is 13.9. The third-order valence-corrected chi connectivity index (χ3v) is 13.2. The van der Waals surface area contributed by atoms with E-state index in [9.17, 15) is 18.0 Å². The Hall–Kier alpha value is -2.11. The molecular weight excluding hydrogens is 576 g/mol. The van der Waals surface area contributed by atoms with Crippen LogP contribution >= 0.6 is 0 Å². The molecule has 10 nitrogen and oxygen atoms in total. The molecule has 2 unspecified atom stereocenters. The first-order valence-electron chi connectivity index (χ1n) is 16.9. The van der Waals surface area contributed by atoms with Crippen molar-refractivity contribution in [2.75, 3.05) is 52.1 Å². The number of hydrogen-bond acceptors (Lipinski definition) is 8. The minimum Gasteiger partial charge on any atom is -0.338 e. The first-order valence-corrected chi connectivity index (χ1v) is 18.9. The zero-order valence-electron chi connectivity index (χ0n) is 27.6. The van der Waals surface area contributed by atoms with Crippen LogP contribution in [0.5, 0.6) is 0 Å². The van der Waals surface area contributed by atoms with E-state index in [4.69, 9.17) is 0 Å². The Morgan fingerprint density at radius 1 is 1.05 bits per heavy atom. The monoisotopic (exact) mass is 630 g/mol. The fourth-order valence-corrected chi connectivity index (χ4v) is 10.4. The number of amides is 2. The lowest BCUT2D eigenvalue weighted by Crippen LogP contribution is -2.62. The molecule has 11 heteroatoms. The van der Waals surface area contributed by atoms with E-state index in [0.29, 0.717) is 37.5 Å². The first kappa shape index (κ1) is 33.3. The smallest absolute Gasteiger partial charge is 0.257 e. The van der Waals surface area contributed by atoms with Gasteiger partial charge in [-0.05, 0) is 109 Å². The molecule has 1 N–H and O–H groups in total. The summed E-state index contributed by atoms with van der Waals surface area (Å²) < 4.78 is 26.3. The Labute approximate surface area is 264 Å². The molecule has 4 aliphatic heterocycles. The minimum absolute atomic E-state index is 0.00197. The Bertz CT molecular complexity index is 1280. The van der Waals surface area contributed by atoms with Crippen LogP contribution < -0.4 is 5.32 Å². The number of aromatic nitrogens is 2. The molecule has 246 valence electrons. The normalized spacial score (nSPS) is 25.8. The highest BCUT2D eigenvalue weighted by molar-refractivity contribution is 7.91. The van der Waals surface area contributed by atoms with Gasteiger partial charge in [0.15, 0.2) is 9.84 Å². The van der Waals surface area contributed by atoms with Crippen LogP contribution in [0.2, 0.25) is 0 Å². The Morgan fingerprint density at radius 2 is 1.66 bits per heavy atom. The number of carbonyl (C=O) groups is 2. The van der Waals surface area contributed by atoms with Crippen LogP contribution in [0.4, 0.5) is 0 Å². The molecule has 2 amide bonds. The Balaban J connectivity index is 1.26. The zero-order valence-corrected chi connectivity index (χ0v) is 28.4. The van der Waals surface area contributed by atoms with Crippen LogP contribution in [0.1, 0.15) is 99.8 Å². The summed E-state index contributed by atoms with van der Waals surface area (Å²) in [6.45, 7) is 13.8. The largest absolute Gasteiger partial charge is 0.338 e. The second-order valence-electron chi connectivity index (χ2n) is 14.4. The lowest BCUT2D eigenvalue weighted by atomic mass is 9.62. The van der Waals surface area contributed by atoms with E-state index in [1.807, 2.05) is 18.7 Å². The molecule has 4 aliphatic rings. The van der Waals surface area contributed by atoms with Gasteiger partial charge in [-0.15, -0.1) is 0 Å².